The number of nitrogens with one attached hydrogen (secondary N) is 1. The molecule has 0 unspecified atom stereocenters. The van der Waals surface area contributed by atoms with Gasteiger partial charge in [0.1, 0.15) is 0 Å². The molecule has 0 saturated carbocycles. The Labute approximate surface area is 171 Å². The fourth-order valence-corrected chi connectivity index (χ4v) is 3.43. The number of carbonyl (C=O) groups is 1. The summed E-state index contributed by atoms with van der Waals surface area (Å²) in [5, 5.41) is 2.91. The summed E-state index contributed by atoms with van der Waals surface area (Å²) in [5.41, 5.74) is 1.63. The Bertz CT molecular complexity index is 1220. The van der Waals surface area contributed by atoms with Gasteiger partial charge >= 0.3 is 0 Å². The van der Waals surface area contributed by atoms with E-state index in [1.807, 2.05) is 0 Å². The third-order valence-corrected chi connectivity index (χ3v) is 5.18. The van der Waals surface area contributed by atoms with Gasteiger partial charge in [-0.25, -0.2) is 8.42 Å². The number of benzene rings is 2. The van der Waals surface area contributed by atoms with Crippen LogP contribution in [0.25, 0.3) is 11.3 Å². The number of hydrogen-bond acceptors (Lipinski definition) is 4. The molecule has 0 bridgehead atoms. The predicted molar refractivity (Wildman–Crippen MR) is 107 cm³/mol. The second-order valence-electron chi connectivity index (χ2n) is 5.51. The van der Waals surface area contributed by atoms with Crippen LogP contribution in [0, 0.1) is 0 Å². The second-order valence-corrected chi connectivity index (χ2v) is 7.80. The largest absolute Gasteiger partial charge is 0.322 e. The standard InChI is InChI=1S/C19H14Cl2N2O3S/c1-27(25,26)13-6-7-14(17(21)11-13)19(24)23-12-5-8-16(20)15(10-12)18-4-2-3-9-22-18/h2-11H,1H3,(H,23,24)/i1+1D3,5+1,8+1,10+1,12+1,15+1,16+1. The molecule has 0 aliphatic heterocycles. The van der Waals surface area contributed by atoms with Gasteiger partial charge < -0.3 is 5.32 Å². The molecule has 1 aromatic heterocycles. The fraction of sp³-hybridized carbons (Fsp3) is 0.0526. The van der Waals surface area contributed by atoms with Crippen LogP contribution in [-0.4, -0.2) is 25.5 Å². The molecule has 0 saturated heterocycles. The zero-order chi connectivity index (χ0) is 22.1. The summed E-state index contributed by atoms with van der Waals surface area (Å²) in [7, 11) is -4.58. The molecule has 5 nitrogen and oxygen atoms in total. The first-order valence-corrected chi connectivity index (χ1v) is 9.81. The molecule has 2 aromatic carbocycles. The van der Waals surface area contributed by atoms with Crippen molar-refractivity contribution in [3.63, 3.8) is 0 Å². The van der Waals surface area contributed by atoms with Gasteiger partial charge in [-0.3, -0.25) is 9.78 Å². The first-order chi connectivity index (χ1) is 14.0. The van der Waals surface area contributed by atoms with Crippen LogP contribution < -0.4 is 5.32 Å². The highest BCUT2D eigenvalue weighted by molar-refractivity contribution is 7.90. The van der Waals surface area contributed by atoms with Gasteiger partial charge in [-0.1, -0.05) is 29.3 Å². The summed E-state index contributed by atoms with van der Waals surface area (Å²) in [6.45, 7) is 0. The zero-order valence-corrected chi connectivity index (χ0v) is 15.9. The molecule has 3 aromatic rings. The molecule has 8 heteroatoms. The average Bonchev–Trinajstić information content (AvgIpc) is 2.69. The minimum Gasteiger partial charge on any atom is -0.322 e. The predicted octanol–water partition coefficient (Wildman–Crippen LogP) is 4.71. The lowest BCUT2D eigenvalue weighted by Crippen LogP contribution is -2.13. The first-order valence-electron chi connectivity index (χ1n) is 9.07. The van der Waals surface area contributed by atoms with Crippen molar-refractivity contribution in [2.45, 2.75) is 4.90 Å². The molecule has 1 N–H and O–H groups in total. The number of pyridine rings is 1. The number of sulfone groups is 1. The maximum atomic E-state index is 12.6. The minimum absolute atomic E-state index is 0.0181. The van der Waals surface area contributed by atoms with Gasteiger partial charge in [0.05, 0.1) is 26.2 Å². The molecule has 138 valence electrons. The van der Waals surface area contributed by atoms with Gasteiger partial charge in [-0.2, -0.15) is 0 Å². The Morgan fingerprint density at radius 1 is 1.07 bits per heavy atom. The van der Waals surface area contributed by atoms with Crippen LogP contribution in [-0.2, 0) is 9.84 Å². The van der Waals surface area contributed by atoms with E-state index in [1.54, 1.807) is 42.6 Å². The van der Waals surface area contributed by atoms with Gasteiger partial charge in [-0.15, -0.1) is 0 Å². The molecule has 1 heterocycles. The topological polar surface area (TPSA) is 76.1 Å². The summed E-state index contributed by atoms with van der Waals surface area (Å²) in [4.78, 5) is 16.4. The normalized spacial score (nSPS) is 13.3. The molecular weight excluding hydrogens is 414 g/mol. The molecular formula is C19H14Cl2N2O3S. The second kappa shape index (κ2) is 7.68. The lowest BCUT2D eigenvalue weighted by molar-refractivity contribution is 0.102. The number of nitrogens with zero attached hydrogens (tertiary/aromatic N) is 1. The number of halogens is 2. The van der Waals surface area contributed by atoms with E-state index in [2.05, 4.69) is 10.3 Å². The van der Waals surface area contributed by atoms with Gasteiger partial charge in [0.2, 0.25) is 0 Å². The van der Waals surface area contributed by atoms with Crippen LogP contribution in [0.3, 0.4) is 0 Å². The van der Waals surface area contributed by atoms with E-state index in [0.717, 1.165) is 18.2 Å². The van der Waals surface area contributed by atoms with Crippen LogP contribution in [0.1, 0.15) is 14.5 Å². The number of carbonyl (C=O) groups excluding carboxylic acids is 1. The summed E-state index contributed by atoms with van der Waals surface area (Å²) in [6.07, 6.45) is -1.61. The van der Waals surface area contributed by atoms with Gasteiger partial charge in [-0.05, 0) is 48.5 Å². The Morgan fingerprint density at radius 2 is 1.89 bits per heavy atom. The Hall–Kier alpha value is -2.41. The smallest absolute Gasteiger partial charge is 0.257 e. The van der Waals surface area contributed by atoms with E-state index in [-0.39, 0.29) is 10.6 Å². The van der Waals surface area contributed by atoms with Crippen molar-refractivity contribution in [1.29, 1.82) is 0 Å². The quantitative estimate of drug-likeness (QED) is 0.607. The van der Waals surface area contributed by atoms with Crippen molar-refractivity contribution in [3.8, 4) is 11.3 Å². The maximum absolute atomic E-state index is 12.6. The first kappa shape index (κ1) is 15.6. The van der Waals surface area contributed by atoms with Crippen LogP contribution >= 0.6 is 23.2 Å². The Morgan fingerprint density at radius 3 is 2.56 bits per heavy atom. The summed E-state index contributed by atoms with van der Waals surface area (Å²) in [6, 6.07) is 13.3. The minimum atomic E-state index is -4.58. The number of hydrogen-bond donors (Lipinski definition) is 1. The summed E-state index contributed by atoms with van der Waals surface area (Å²) in [5.74, 6) is -0.605. The Balaban J connectivity index is 1.89. The zero-order valence-electron chi connectivity index (χ0n) is 16.6. The Kier molecular flexibility index (Phi) is 4.45. The highest BCUT2D eigenvalue weighted by Gasteiger charge is 2.15. The van der Waals surface area contributed by atoms with Crippen molar-refractivity contribution >= 4 is 44.6 Å². The molecule has 0 spiro atoms. The van der Waals surface area contributed by atoms with Crippen LogP contribution in [0.15, 0.2) is 65.7 Å². The van der Waals surface area contributed by atoms with Crippen LogP contribution in [0.5, 0.6) is 0 Å². The molecule has 0 aliphatic carbocycles. The van der Waals surface area contributed by atoms with Crippen molar-refractivity contribution in [2.75, 3.05) is 11.5 Å². The highest BCUT2D eigenvalue weighted by atomic mass is 35.5. The molecule has 3 rings (SSSR count). The number of aromatic nitrogens is 1. The van der Waals surface area contributed by atoms with Crippen LogP contribution in [0.4, 0.5) is 5.69 Å². The monoisotopic (exact) mass is 430 g/mol. The summed E-state index contributed by atoms with van der Waals surface area (Å²) >= 11 is 12.3. The molecule has 0 fully saturated rings. The van der Waals surface area contributed by atoms with E-state index >= 15 is 0 Å². The maximum Gasteiger partial charge on any atom is 0.257 e. The van der Waals surface area contributed by atoms with E-state index in [0.29, 0.717) is 22.0 Å². The van der Waals surface area contributed by atoms with Crippen LogP contribution in [0.2, 0.25) is 10.0 Å². The van der Waals surface area contributed by atoms with Crippen molar-refractivity contribution in [3.05, 3.63) is 76.4 Å². The van der Waals surface area contributed by atoms with Gasteiger partial charge in [0, 0.05) is 27.7 Å². The molecule has 0 atom stereocenters. The summed E-state index contributed by atoms with van der Waals surface area (Å²) < 4.78 is 45.5. The molecule has 0 aliphatic rings. The molecule has 0 radical (unpaired) electrons. The van der Waals surface area contributed by atoms with E-state index in [9.17, 15) is 13.2 Å². The number of rotatable bonds is 4. The lowest BCUT2D eigenvalue weighted by Gasteiger charge is -2.10. The fourth-order valence-electron chi connectivity index (χ4n) is 2.37. The van der Waals surface area contributed by atoms with Gasteiger partial charge in [0.15, 0.2) is 9.84 Å². The molecule has 27 heavy (non-hydrogen) atoms. The highest BCUT2D eigenvalue weighted by Crippen LogP contribution is 2.30. The van der Waals surface area contributed by atoms with Crippen molar-refractivity contribution in [1.82, 2.24) is 4.98 Å². The van der Waals surface area contributed by atoms with E-state index in [1.165, 1.54) is 0 Å². The third-order valence-electron chi connectivity index (χ3n) is 3.66. The van der Waals surface area contributed by atoms with Crippen molar-refractivity contribution < 1.29 is 17.3 Å². The van der Waals surface area contributed by atoms with Crippen molar-refractivity contribution in [2.24, 2.45) is 0 Å². The average molecular weight is 431 g/mol. The SMILES string of the molecule is [2H][13C]([2H])([2H])S(=O)(=O)c1ccc(C(=O)N[13c]2[13cH][13cH][13c](Cl)[13c](-c3ccccn3)[13cH]2)c(Cl)c1. The molecule has 1 amide bonds. The number of anilines is 1. The van der Waals surface area contributed by atoms with E-state index in [4.69, 9.17) is 27.3 Å². The third kappa shape index (κ3) is 4.47. The van der Waals surface area contributed by atoms with Gasteiger partial charge in [0.25, 0.3) is 5.91 Å². The number of amides is 1. The van der Waals surface area contributed by atoms with E-state index < -0.39 is 26.8 Å². The lowest BCUT2D eigenvalue weighted by atomic mass is 10.2.